The minimum absolute atomic E-state index is 0.641. The molecular weight excluding hydrogens is 160 g/mol. The predicted octanol–water partition coefficient (Wildman–Crippen LogP) is 1.04. The SMILES string of the molecule is CNC#CC1CCN(C2CC2)CC1. The van der Waals surface area contributed by atoms with Crippen LogP contribution < -0.4 is 5.32 Å². The van der Waals surface area contributed by atoms with Crippen LogP contribution in [-0.4, -0.2) is 31.1 Å². The molecule has 2 fully saturated rings. The third-order valence-electron chi connectivity index (χ3n) is 2.99. The summed E-state index contributed by atoms with van der Waals surface area (Å²) in [5, 5.41) is 2.89. The molecule has 2 heteroatoms. The minimum atomic E-state index is 0.641. The van der Waals surface area contributed by atoms with Gasteiger partial charge in [-0.3, -0.25) is 0 Å². The van der Waals surface area contributed by atoms with Crippen molar-refractivity contribution in [3.63, 3.8) is 0 Å². The zero-order chi connectivity index (χ0) is 9.10. The van der Waals surface area contributed by atoms with Gasteiger partial charge in [-0.05, 0) is 38.8 Å². The van der Waals surface area contributed by atoms with Gasteiger partial charge in [0, 0.05) is 25.1 Å². The van der Waals surface area contributed by atoms with Crippen LogP contribution in [0.3, 0.4) is 0 Å². The maximum atomic E-state index is 3.26. The smallest absolute Gasteiger partial charge is 0.0245 e. The normalized spacial score (nSPS) is 25.0. The summed E-state index contributed by atoms with van der Waals surface area (Å²) in [6.45, 7) is 2.54. The highest BCUT2D eigenvalue weighted by Gasteiger charge is 2.31. The van der Waals surface area contributed by atoms with Crippen molar-refractivity contribution in [1.82, 2.24) is 10.2 Å². The molecule has 0 atom stereocenters. The molecule has 1 aliphatic heterocycles. The highest BCUT2D eigenvalue weighted by molar-refractivity contribution is 5.03. The number of piperidine rings is 1. The van der Waals surface area contributed by atoms with Gasteiger partial charge in [-0.2, -0.15) is 0 Å². The molecule has 0 spiro atoms. The highest BCUT2D eigenvalue weighted by Crippen LogP contribution is 2.30. The largest absolute Gasteiger partial charge is 0.349 e. The van der Waals surface area contributed by atoms with Crippen LogP contribution in [0.15, 0.2) is 0 Å². The Labute approximate surface area is 80.7 Å². The lowest BCUT2D eigenvalue weighted by Crippen LogP contribution is -2.34. The molecule has 0 aromatic heterocycles. The number of rotatable bonds is 1. The van der Waals surface area contributed by atoms with E-state index in [-0.39, 0.29) is 0 Å². The standard InChI is InChI=1S/C11H18N2/c1-12-7-4-10-5-8-13(9-6-10)11-2-3-11/h10-12H,2-3,5-6,8-9H2,1H3. The van der Waals surface area contributed by atoms with Crippen molar-refractivity contribution in [2.75, 3.05) is 20.1 Å². The van der Waals surface area contributed by atoms with E-state index in [1.807, 2.05) is 7.05 Å². The third-order valence-corrected chi connectivity index (χ3v) is 2.99. The highest BCUT2D eigenvalue weighted by atomic mass is 15.2. The van der Waals surface area contributed by atoms with Gasteiger partial charge in [-0.25, -0.2) is 0 Å². The molecule has 72 valence electrons. The van der Waals surface area contributed by atoms with Gasteiger partial charge in [-0.15, -0.1) is 0 Å². The van der Waals surface area contributed by atoms with E-state index in [1.54, 1.807) is 0 Å². The summed E-state index contributed by atoms with van der Waals surface area (Å²) in [7, 11) is 1.88. The Morgan fingerprint density at radius 2 is 1.85 bits per heavy atom. The number of nitrogens with zero attached hydrogens (tertiary/aromatic N) is 1. The molecule has 1 saturated carbocycles. The molecule has 1 aliphatic carbocycles. The van der Waals surface area contributed by atoms with Gasteiger partial charge in [0.1, 0.15) is 0 Å². The summed E-state index contributed by atoms with van der Waals surface area (Å²) in [5.74, 6) is 3.90. The Hall–Kier alpha value is -0.680. The Kier molecular flexibility index (Phi) is 2.75. The second-order valence-corrected chi connectivity index (χ2v) is 4.06. The van der Waals surface area contributed by atoms with Crippen LogP contribution in [0.4, 0.5) is 0 Å². The van der Waals surface area contributed by atoms with Gasteiger partial charge >= 0.3 is 0 Å². The van der Waals surface area contributed by atoms with Crippen LogP contribution in [0.5, 0.6) is 0 Å². The zero-order valence-electron chi connectivity index (χ0n) is 8.34. The minimum Gasteiger partial charge on any atom is -0.349 e. The van der Waals surface area contributed by atoms with Crippen LogP contribution in [0.2, 0.25) is 0 Å². The van der Waals surface area contributed by atoms with E-state index >= 15 is 0 Å². The number of hydrogen-bond acceptors (Lipinski definition) is 2. The maximum absolute atomic E-state index is 3.26. The number of likely N-dealkylation sites (tertiary alicyclic amines) is 1. The van der Waals surface area contributed by atoms with E-state index < -0.39 is 0 Å². The fraction of sp³-hybridized carbons (Fsp3) is 0.818. The van der Waals surface area contributed by atoms with Gasteiger partial charge in [0.05, 0.1) is 0 Å². The molecular formula is C11H18N2. The molecule has 2 nitrogen and oxygen atoms in total. The predicted molar refractivity (Wildman–Crippen MR) is 54.2 cm³/mol. The maximum Gasteiger partial charge on any atom is 0.0245 e. The first-order valence-electron chi connectivity index (χ1n) is 5.31. The molecule has 0 aromatic rings. The summed E-state index contributed by atoms with van der Waals surface area (Å²) >= 11 is 0. The lowest BCUT2D eigenvalue weighted by atomic mass is 9.98. The first kappa shape index (κ1) is 8.90. The molecule has 1 N–H and O–H groups in total. The van der Waals surface area contributed by atoms with Crippen LogP contribution in [0.25, 0.3) is 0 Å². The van der Waals surface area contributed by atoms with Gasteiger partial charge in [0.2, 0.25) is 0 Å². The van der Waals surface area contributed by atoms with Crippen molar-refractivity contribution in [2.24, 2.45) is 5.92 Å². The van der Waals surface area contributed by atoms with E-state index in [0.29, 0.717) is 5.92 Å². The van der Waals surface area contributed by atoms with Crippen molar-refractivity contribution < 1.29 is 0 Å². The van der Waals surface area contributed by atoms with Crippen LogP contribution >= 0.6 is 0 Å². The van der Waals surface area contributed by atoms with E-state index in [0.717, 1.165) is 6.04 Å². The van der Waals surface area contributed by atoms with Gasteiger partial charge in [-0.1, -0.05) is 5.92 Å². The summed E-state index contributed by atoms with van der Waals surface area (Å²) in [6.07, 6.45) is 5.41. The summed E-state index contributed by atoms with van der Waals surface area (Å²) in [5.41, 5.74) is 0. The lowest BCUT2D eigenvalue weighted by Gasteiger charge is -2.29. The fourth-order valence-corrected chi connectivity index (χ4v) is 2.02. The Bertz CT molecular complexity index is 214. The Balaban J connectivity index is 1.75. The molecule has 1 heterocycles. The van der Waals surface area contributed by atoms with E-state index in [2.05, 4.69) is 22.2 Å². The molecule has 1 saturated heterocycles. The topological polar surface area (TPSA) is 15.3 Å². The summed E-state index contributed by atoms with van der Waals surface area (Å²) in [6, 6.07) is 3.90. The van der Waals surface area contributed by atoms with Crippen LogP contribution in [0.1, 0.15) is 25.7 Å². The molecule has 13 heavy (non-hydrogen) atoms. The van der Waals surface area contributed by atoms with Crippen molar-refractivity contribution in [3.8, 4) is 12.0 Å². The number of hydrogen-bond donors (Lipinski definition) is 1. The molecule has 0 amide bonds. The van der Waals surface area contributed by atoms with Crippen molar-refractivity contribution in [2.45, 2.75) is 31.7 Å². The summed E-state index contributed by atoms with van der Waals surface area (Å²) < 4.78 is 0. The molecule has 0 radical (unpaired) electrons. The zero-order valence-corrected chi connectivity index (χ0v) is 8.34. The van der Waals surface area contributed by atoms with E-state index in [9.17, 15) is 0 Å². The lowest BCUT2D eigenvalue weighted by molar-refractivity contribution is 0.197. The summed E-state index contributed by atoms with van der Waals surface area (Å²) in [4.78, 5) is 2.64. The molecule has 2 rings (SSSR count). The van der Waals surface area contributed by atoms with Crippen LogP contribution in [0, 0.1) is 17.9 Å². The van der Waals surface area contributed by atoms with Gasteiger partial charge in [0.15, 0.2) is 0 Å². The Morgan fingerprint density at radius 1 is 1.15 bits per heavy atom. The first-order valence-corrected chi connectivity index (χ1v) is 5.31. The average Bonchev–Trinajstić information content (AvgIpc) is 2.99. The third kappa shape index (κ3) is 2.38. The number of nitrogens with one attached hydrogen (secondary N) is 1. The monoisotopic (exact) mass is 178 g/mol. The van der Waals surface area contributed by atoms with E-state index in [4.69, 9.17) is 0 Å². The molecule has 0 bridgehead atoms. The average molecular weight is 178 g/mol. The molecule has 2 aliphatic rings. The van der Waals surface area contributed by atoms with Gasteiger partial charge < -0.3 is 10.2 Å². The van der Waals surface area contributed by atoms with Gasteiger partial charge in [0.25, 0.3) is 0 Å². The van der Waals surface area contributed by atoms with Crippen LogP contribution in [-0.2, 0) is 0 Å². The first-order chi connectivity index (χ1) is 6.40. The Morgan fingerprint density at radius 3 is 2.38 bits per heavy atom. The molecule has 0 unspecified atom stereocenters. The molecule has 0 aromatic carbocycles. The van der Waals surface area contributed by atoms with Crippen molar-refractivity contribution in [1.29, 1.82) is 0 Å². The quantitative estimate of drug-likeness (QED) is 0.477. The van der Waals surface area contributed by atoms with Crippen molar-refractivity contribution in [3.05, 3.63) is 0 Å². The van der Waals surface area contributed by atoms with Crippen molar-refractivity contribution >= 4 is 0 Å². The van der Waals surface area contributed by atoms with E-state index in [1.165, 1.54) is 38.8 Å². The second kappa shape index (κ2) is 4.02. The second-order valence-electron chi connectivity index (χ2n) is 4.06. The fourth-order valence-electron chi connectivity index (χ4n) is 2.02.